The van der Waals surface area contributed by atoms with E-state index in [-0.39, 0.29) is 23.7 Å². The van der Waals surface area contributed by atoms with Gasteiger partial charge in [0.15, 0.2) is 0 Å². The van der Waals surface area contributed by atoms with Gasteiger partial charge < -0.3 is 0 Å². The van der Waals surface area contributed by atoms with E-state index in [0.29, 0.717) is 15.6 Å². The van der Waals surface area contributed by atoms with Gasteiger partial charge >= 0.3 is 0 Å². The molecule has 0 saturated heterocycles. The van der Waals surface area contributed by atoms with E-state index in [1.165, 1.54) is 22.7 Å². The van der Waals surface area contributed by atoms with Crippen molar-refractivity contribution in [2.75, 3.05) is 18.5 Å². The van der Waals surface area contributed by atoms with E-state index < -0.39 is 20.6 Å². The Balaban J connectivity index is 2.35. The van der Waals surface area contributed by atoms with Crippen LogP contribution in [0.2, 0.25) is 10.0 Å². The first kappa shape index (κ1) is 22.1. The van der Waals surface area contributed by atoms with Crippen molar-refractivity contribution in [1.82, 2.24) is 4.31 Å². The zero-order valence-corrected chi connectivity index (χ0v) is 17.4. The lowest BCUT2D eigenvalue weighted by atomic mass is 10.2. The smallest absolute Gasteiger partial charge is 0.272 e. The number of nitro benzene ring substituents is 1. The summed E-state index contributed by atoms with van der Waals surface area (Å²) in [5.74, 6) is 0. The molecule has 0 bridgehead atoms. The number of hydrogen-bond donors (Lipinski definition) is 1. The lowest BCUT2D eigenvalue weighted by Gasteiger charge is -2.18. The molecule has 2 aromatic carbocycles. The molecule has 0 aliphatic carbocycles. The van der Waals surface area contributed by atoms with Gasteiger partial charge in [0.1, 0.15) is 5.69 Å². The number of hydrazone groups is 1. The van der Waals surface area contributed by atoms with Crippen LogP contribution in [0.5, 0.6) is 0 Å². The van der Waals surface area contributed by atoms with Crippen molar-refractivity contribution in [3.05, 3.63) is 62.1 Å². The molecule has 0 saturated carbocycles. The quantitative estimate of drug-likeness (QED) is 0.369. The van der Waals surface area contributed by atoms with Crippen molar-refractivity contribution in [2.45, 2.75) is 18.7 Å². The van der Waals surface area contributed by atoms with Gasteiger partial charge in [0, 0.05) is 24.7 Å². The highest BCUT2D eigenvalue weighted by Crippen LogP contribution is 2.29. The predicted octanol–water partition coefficient (Wildman–Crippen LogP) is 4.38. The van der Waals surface area contributed by atoms with Gasteiger partial charge in [-0.3, -0.25) is 15.5 Å². The highest BCUT2D eigenvalue weighted by molar-refractivity contribution is 7.89. The Bertz CT molecular complexity index is 1010. The number of benzene rings is 2. The fourth-order valence-electron chi connectivity index (χ4n) is 2.42. The van der Waals surface area contributed by atoms with Crippen LogP contribution in [0.1, 0.15) is 19.4 Å². The van der Waals surface area contributed by atoms with Gasteiger partial charge in [-0.05, 0) is 18.2 Å². The molecule has 0 fully saturated rings. The van der Waals surface area contributed by atoms with Crippen molar-refractivity contribution >= 4 is 50.8 Å². The van der Waals surface area contributed by atoms with Crippen molar-refractivity contribution in [2.24, 2.45) is 5.10 Å². The van der Waals surface area contributed by atoms with Gasteiger partial charge in [0.25, 0.3) is 5.69 Å². The van der Waals surface area contributed by atoms with Crippen LogP contribution >= 0.6 is 23.2 Å². The third kappa shape index (κ3) is 4.79. The summed E-state index contributed by atoms with van der Waals surface area (Å²) in [6.07, 6.45) is 1.36. The molecule has 0 radical (unpaired) electrons. The summed E-state index contributed by atoms with van der Waals surface area (Å²) in [5.41, 5.74) is 2.69. The topological polar surface area (TPSA) is 105 Å². The summed E-state index contributed by atoms with van der Waals surface area (Å²) >= 11 is 12.0. The minimum absolute atomic E-state index is 0.0397. The van der Waals surface area contributed by atoms with Crippen LogP contribution in [0.25, 0.3) is 0 Å². The van der Waals surface area contributed by atoms with Crippen molar-refractivity contribution < 1.29 is 13.3 Å². The molecule has 0 aliphatic rings. The molecule has 0 heterocycles. The molecule has 2 aromatic rings. The van der Waals surface area contributed by atoms with Crippen molar-refractivity contribution in [3.8, 4) is 0 Å². The molecule has 150 valence electrons. The second kappa shape index (κ2) is 9.33. The lowest BCUT2D eigenvalue weighted by molar-refractivity contribution is -0.384. The lowest BCUT2D eigenvalue weighted by Crippen LogP contribution is -2.30. The zero-order chi connectivity index (χ0) is 20.9. The molecule has 11 heteroatoms. The standard InChI is InChI=1S/C17H18Cl2N4O4S/c1-3-22(4-2)28(26,27)13-8-9-15(16(10-13)23(24)25)21-20-11-12-6-5-7-14(18)17(12)19/h5-11,21H,3-4H2,1-2H3/b20-11-. The summed E-state index contributed by atoms with van der Waals surface area (Å²) in [4.78, 5) is 10.6. The normalized spacial score (nSPS) is 11.9. The SMILES string of the molecule is CCN(CC)S(=O)(=O)c1ccc(N/N=C\c2cccc(Cl)c2Cl)c([N+](=O)[O-])c1. The number of halogens is 2. The highest BCUT2D eigenvalue weighted by Gasteiger charge is 2.25. The molecular weight excluding hydrogens is 427 g/mol. The average molecular weight is 445 g/mol. The Labute approximate surface area is 173 Å². The molecule has 0 amide bonds. The Morgan fingerprint density at radius 2 is 1.89 bits per heavy atom. The minimum Gasteiger partial charge on any atom is -0.272 e. The largest absolute Gasteiger partial charge is 0.295 e. The number of rotatable bonds is 8. The average Bonchev–Trinajstić information content (AvgIpc) is 2.65. The summed E-state index contributed by atoms with van der Waals surface area (Å²) in [6.45, 7) is 3.91. The van der Waals surface area contributed by atoms with Gasteiger partial charge in [-0.15, -0.1) is 0 Å². The van der Waals surface area contributed by atoms with E-state index in [9.17, 15) is 18.5 Å². The first-order valence-electron chi connectivity index (χ1n) is 8.24. The van der Waals surface area contributed by atoms with Crippen LogP contribution < -0.4 is 5.43 Å². The number of nitrogens with zero attached hydrogens (tertiary/aromatic N) is 3. The number of anilines is 1. The van der Waals surface area contributed by atoms with E-state index in [1.54, 1.807) is 32.0 Å². The molecule has 1 N–H and O–H groups in total. The summed E-state index contributed by atoms with van der Waals surface area (Å²) in [5, 5.41) is 16.0. The maximum Gasteiger partial charge on any atom is 0.295 e. The second-order valence-electron chi connectivity index (χ2n) is 5.54. The Hall–Kier alpha value is -2.20. The van der Waals surface area contributed by atoms with Crippen LogP contribution in [-0.2, 0) is 10.0 Å². The zero-order valence-electron chi connectivity index (χ0n) is 15.1. The summed E-state index contributed by atoms with van der Waals surface area (Å²) in [6, 6.07) is 8.58. The van der Waals surface area contributed by atoms with Crippen LogP contribution in [0.15, 0.2) is 46.4 Å². The molecule has 0 atom stereocenters. The van der Waals surface area contributed by atoms with Crippen LogP contribution in [-0.4, -0.2) is 37.0 Å². The molecule has 8 nitrogen and oxygen atoms in total. The molecule has 2 rings (SSSR count). The van der Waals surface area contributed by atoms with Gasteiger partial charge in [-0.2, -0.15) is 9.41 Å². The monoisotopic (exact) mass is 444 g/mol. The van der Waals surface area contributed by atoms with E-state index in [4.69, 9.17) is 23.2 Å². The van der Waals surface area contributed by atoms with E-state index >= 15 is 0 Å². The van der Waals surface area contributed by atoms with Crippen molar-refractivity contribution in [1.29, 1.82) is 0 Å². The van der Waals surface area contributed by atoms with Gasteiger partial charge in [0.2, 0.25) is 10.0 Å². The Morgan fingerprint density at radius 1 is 1.21 bits per heavy atom. The fraction of sp³-hybridized carbons (Fsp3) is 0.235. The molecule has 28 heavy (non-hydrogen) atoms. The number of hydrogen-bond acceptors (Lipinski definition) is 6. The van der Waals surface area contributed by atoms with E-state index in [2.05, 4.69) is 10.5 Å². The van der Waals surface area contributed by atoms with E-state index in [0.717, 1.165) is 6.07 Å². The van der Waals surface area contributed by atoms with Gasteiger partial charge in [-0.25, -0.2) is 8.42 Å². The van der Waals surface area contributed by atoms with Gasteiger partial charge in [-0.1, -0.05) is 49.2 Å². The van der Waals surface area contributed by atoms with Crippen molar-refractivity contribution in [3.63, 3.8) is 0 Å². The Morgan fingerprint density at radius 3 is 2.50 bits per heavy atom. The van der Waals surface area contributed by atoms with Crippen LogP contribution in [0.4, 0.5) is 11.4 Å². The van der Waals surface area contributed by atoms with E-state index in [1.807, 2.05) is 0 Å². The minimum atomic E-state index is -3.82. The molecule has 0 unspecified atom stereocenters. The van der Waals surface area contributed by atoms with Gasteiger partial charge in [0.05, 0.1) is 26.1 Å². The molecular formula is C17H18Cl2N4O4S. The van der Waals surface area contributed by atoms with Crippen LogP contribution in [0, 0.1) is 10.1 Å². The Kier molecular flexibility index (Phi) is 7.36. The first-order chi connectivity index (χ1) is 13.2. The summed E-state index contributed by atoms with van der Waals surface area (Å²) < 4.78 is 26.4. The second-order valence-corrected chi connectivity index (χ2v) is 8.26. The maximum absolute atomic E-state index is 12.6. The highest BCUT2D eigenvalue weighted by atomic mass is 35.5. The maximum atomic E-state index is 12.6. The number of nitrogens with one attached hydrogen (secondary N) is 1. The predicted molar refractivity (Wildman–Crippen MR) is 111 cm³/mol. The molecule has 0 spiro atoms. The summed E-state index contributed by atoms with van der Waals surface area (Å²) in [7, 11) is -3.82. The van der Waals surface area contributed by atoms with Crippen LogP contribution in [0.3, 0.4) is 0 Å². The third-order valence-electron chi connectivity index (χ3n) is 3.88. The molecule has 0 aromatic heterocycles. The fourth-order valence-corrected chi connectivity index (χ4v) is 4.26. The number of sulfonamides is 1. The number of nitro groups is 1. The first-order valence-corrected chi connectivity index (χ1v) is 10.4. The third-order valence-corrected chi connectivity index (χ3v) is 6.76. The molecule has 0 aliphatic heterocycles.